The van der Waals surface area contributed by atoms with Crippen LogP contribution in [0.1, 0.15) is 35.2 Å². The molecule has 0 fully saturated rings. The number of aliphatic hydroxyl groups excluding tert-OH is 1. The number of ether oxygens (including phenoxy) is 1. The van der Waals surface area contributed by atoms with Crippen molar-refractivity contribution in [1.82, 2.24) is 9.97 Å². The average molecular weight is 426 g/mol. The quantitative estimate of drug-likeness (QED) is 0.514. The van der Waals surface area contributed by atoms with Gasteiger partial charge in [0.05, 0.1) is 18.2 Å². The van der Waals surface area contributed by atoms with E-state index in [0.29, 0.717) is 29.4 Å². The van der Waals surface area contributed by atoms with E-state index < -0.39 is 0 Å². The number of carbonyl (C=O) groups is 1. The Morgan fingerprint density at radius 2 is 2.00 bits per heavy atom. The molecule has 2 N–H and O–H groups in total. The number of rotatable bonds is 10. The van der Waals surface area contributed by atoms with E-state index in [9.17, 15) is 4.79 Å². The third-order valence-electron chi connectivity index (χ3n) is 4.41. The Bertz CT molecular complexity index is 959. The molecule has 0 spiro atoms. The summed E-state index contributed by atoms with van der Waals surface area (Å²) in [5, 5.41) is 12.6. The van der Waals surface area contributed by atoms with E-state index in [4.69, 9.17) is 9.84 Å². The highest BCUT2D eigenvalue weighted by Gasteiger charge is 2.13. The molecule has 3 aromatic rings. The van der Waals surface area contributed by atoms with Crippen LogP contribution in [0, 0.1) is 6.92 Å². The van der Waals surface area contributed by atoms with Gasteiger partial charge in [-0.2, -0.15) is 0 Å². The van der Waals surface area contributed by atoms with Crippen LogP contribution in [0.4, 0.5) is 5.13 Å². The number of nitrogens with one attached hydrogen (secondary N) is 1. The molecular formula is C23H27N3O3S. The highest BCUT2D eigenvalue weighted by Crippen LogP contribution is 2.20. The van der Waals surface area contributed by atoms with Gasteiger partial charge in [-0.15, -0.1) is 11.3 Å². The van der Waals surface area contributed by atoms with Crippen LogP contribution in [0.5, 0.6) is 5.75 Å². The third kappa shape index (κ3) is 6.93. The number of hydrogen-bond acceptors (Lipinski definition) is 6. The Morgan fingerprint density at radius 1 is 1.23 bits per heavy atom. The summed E-state index contributed by atoms with van der Waals surface area (Å²) in [6.07, 6.45) is 3.86. The Hall–Kier alpha value is -2.77. The minimum absolute atomic E-state index is 0.0273. The Kier molecular flexibility index (Phi) is 7.93. The second-order valence-corrected chi connectivity index (χ2v) is 8.47. The van der Waals surface area contributed by atoms with Gasteiger partial charge in [0.2, 0.25) is 5.91 Å². The van der Waals surface area contributed by atoms with Gasteiger partial charge in [0.15, 0.2) is 5.13 Å². The van der Waals surface area contributed by atoms with E-state index in [-0.39, 0.29) is 25.0 Å². The molecule has 1 atom stereocenters. The molecule has 0 aliphatic heterocycles. The number of benzene rings is 1. The number of anilines is 1. The van der Waals surface area contributed by atoms with Crippen LogP contribution >= 0.6 is 11.3 Å². The molecule has 7 heteroatoms. The van der Waals surface area contributed by atoms with E-state index >= 15 is 0 Å². The van der Waals surface area contributed by atoms with Gasteiger partial charge in [-0.3, -0.25) is 9.78 Å². The van der Waals surface area contributed by atoms with E-state index in [0.717, 1.165) is 17.0 Å². The summed E-state index contributed by atoms with van der Waals surface area (Å²) < 4.78 is 6.14. The van der Waals surface area contributed by atoms with E-state index in [1.165, 1.54) is 16.9 Å². The van der Waals surface area contributed by atoms with Gasteiger partial charge in [0.25, 0.3) is 0 Å². The van der Waals surface area contributed by atoms with Crippen molar-refractivity contribution < 1.29 is 14.6 Å². The fourth-order valence-electron chi connectivity index (χ4n) is 3.13. The molecule has 30 heavy (non-hydrogen) atoms. The predicted octanol–water partition coefficient (Wildman–Crippen LogP) is 3.96. The summed E-state index contributed by atoms with van der Waals surface area (Å²) in [5.74, 6) is 0.522. The summed E-state index contributed by atoms with van der Waals surface area (Å²) in [4.78, 5) is 22.2. The molecule has 0 aliphatic rings. The van der Waals surface area contributed by atoms with Crippen LogP contribution in [-0.4, -0.2) is 33.7 Å². The van der Waals surface area contributed by atoms with Gasteiger partial charge in [0, 0.05) is 41.9 Å². The lowest BCUT2D eigenvalue weighted by Gasteiger charge is -2.16. The van der Waals surface area contributed by atoms with Crippen molar-refractivity contribution in [2.75, 3.05) is 11.9 Å². The molecule has 0 bridgehead atoms. The Balaban J connectivity index is 1.69. The number of pyridine rings is 1. The van der Waals surface area contributed by atoms with Crippen molar-refractivity contribution in [3.05, 3.63) is 70.5 Å². The number of aromatic nitrogens is 2. The average Bonchev–Trinajstić information content (AvgIpc) is 3.11. The van der Waals surface area contributed by atoms with Crippen LogP contribution in [0.15, 0.2) is 48.7 Å². The maximum atomic E-state index is 12.4. The first-order chi connectivity index (χ1) is 14.5. The minimum atomic E-state index is -0.167. The number of hydrogen-bond donors (Lipinski definition) is 2. The number of aryl methyl sites for hydroxylation is 2. The summed E-state index contributed by atoms with van der Waals surface area (Å²) in [6.45, 7) is 4.06. The molecule has 2 heterocycles. The zero-order valence-corrected chi connectivity index (χ0v) is 18.1. The Morgan fingerprint density at radius 3 is 2.70 bits per heavy atom. The molecular weight excluding hydrogens is 398 g/mol. The second kappa shape index (κ2) is 10.8. The summed E-state index contributed by atoms with van der Waals surface area (Å²) in [6, 6.07) is 13.9. The van der Waals surface area contributed by atoms with Crippen molar-refractivity contribution in [2.45, 2.75) is 45.6 Å². The molecule has 0 radical (unpaired) electrons. The highest BCUT2D eigenvalue weighted by atomic mass is 32.1. The van der Waals surface area contributed by atoms with Crippen LogP contribution in [-0.2, 0) is 24.1 Å². The van der Waals surface area contributed by atoms with Crippen LogP contribution in [0.25, 0.3) is 0 Å². The van der Waals surface area contributed by atoms with Gasteiger partial charge in [-0.1, -0.05) is 30.3 Å². The number of amides is 1. The summed E-state index contributed by atoms with van der Waals surface area (Å²) in [7, 11) is 0. The molecule has 158 valence electrons. The van der Waals surface area contributed by atoms with Crippen molar-refractivity contribution in [1.29, 1.82) is 0 Å². The summed E-state index contributed by atoms with van der Waals surface area (Å²) >= 11 is 1.44. The first kappa shape index (κ1) is 21.9. The lowest BCUT2D eigenvalue weighted by molar-refractivity contribution is -0.115. The van der Waals surface area contributed by atoms with Crippen LogP contribution in [0.3, 0.4) is 0 Å². The highest BCUT2D eigenvalue weighted by molar-refractivity contribution is 7.15. The molecule has 0 saturated carbocycles. The smallest absolute Gasteiger partial charge is 0.232 e. The van der Waals surface area contributed by atoms with Crippen molar-refractivity contribution >= 4 is 22.4 Å². The SMILES string of the molecule is Cc1cnc(NC(=O)Cc2cc(O[C@@H](C)Cc3ccccc3)cc(CCCO)n2)s1. The van der Waals surface area contributed by atoms with Gasteiger partial charge in [-0.25, -0.2) is 4.98 Å². The molecule has 1 amide bonds. The largest absolute Gasteiger partial charge is 0.490 e. The van der Waals surface area contributed by atoms with Gasteiger partial charge >= 0.3 is 0 Å². The van der Waals surface area contributed by atoms with Gasteiger partial charge < -0.3 is 15.2 Å². The summed E-state index contributed by atoms with van der Waals surface area (Å²) in [5.41, 5.74) is 2.65. The maximum absolute atomic E-state index is 12.4. The van der Waals surface area contributed by atoms with Gasteiger partial charge in [0.1, 0.15) is 5.75 Å². The fraction of sp³-hybridized carbons (Fsp3) is 0.348. The number of carbonyl (C=O) groups excluding carboxylic acids is 1. The number of thiazole rings is 1. The molecule has 2 aromatic heterocycles. The molecule has 0 aliphatic carbocycles. The lowest BCUT2D eigenvalue weighted by atomic mass is 10.1. The molecule has 3 rings (SSSR count). The zero-order valence-electron chi connectivity index (χ0n) is 17.3. The first-order valence-corrected chi connectivity index (χ1v) is 10.9. The third-order valence-corrected chi connectivity index (χ3v) is 5.24. The standard InChI is InChI=1S/C23H27N3O3S/c1-16(11-18-7-4-3-5-8-18)29-21-12-19(9-6-10-27)25-20(13-21)14-22(28)26-23-24-15-17(2)30-23/h3-5,7-8,12-13,15-16,27H,6,9-11,14H2,1-2H3,(H,24,26,28)/t16-/m0/s1. The first-order valence-electron chi connectivity index (χ1n) is 10.1. The van der Waals surface area contributed by atoms with E-state index in [1.54, 1.807) is 6.20 Å². The minimum Gasteiger partial charge on any atom is -0.490 e. The monoisotopic (exact) mass is 425 g/mol. The van der Waals surface area contributed by atoms with E-state index in [1.807, 2.05) is 44.2 Å². The van der Waals surface area contributed by atoms with Crippen molar-refractivity contribution in [2.24, 2.45) is 0 Å². The predicted molar refractivity (Wildman–Crippen MR) is 119 cm³/mol. The van der Waals surface area contributed by atoms with E-state index in [2.05, 4.69) is 27.4 Å². The Labute approximate surface area is 181 Å². The lowest BCUT2D eigenvalue weighted by Crippen LogP contribution is -2.17. The second-order valence-electron chi connectivity index (χ2n) is 7.23. The zero-order chi connectivity index (χ0) is 21.3. The van der Waals surface area contributed by atoms with Crippen LogP contribution in [0.2, 0.25) is 0 Å². The fourth-order valence-corrected chi connectivity index (χ4v) is 3.81. The van der Waals surface area contributed by atoms with Gasteiger partial charge in [-0.05, 0) is 32.3 Å². The molecule has 0 unspecified atom stereocenters. The molecule has 1 aromatic carbocycles. The number of aliphatic hydroxyl groups is 1. The van der Waals surface area contributed by atoms with Crippen molar-refractivity contribution in [3.63, 3.8) is 0 Å². The maximum Gasteiger partial charge on any atom is 0.232 e. The normalized spacial score (nSPS) is 11.8. The molecule has 0 saturated heterocycles. The number of nitrogens with zero attached hydrogens (tertiary/aromatic N) is 2. The molecule has 6 nitrogen and oxygen atoms in total. The topological polar surface area (TPSA) is 84.3 Å². The van der Waals surface area contributed by atoms with Crippen LogP contribution < -0.4 is 10.1 Å². The van der Waals surface area contributed by atoms with Crippen molar-refractivity contribution in [3.8, 4) is 5.75 Å².